The second-order valence-electron chi connectivity index (χ2n) is 16.0. The average Bonchev–Trinajstić information content (AvgIpc) is 3.81. The molecule has 0 amide bonds. The first-order chi connectivity index (χ1) is 28.3. The number of hydrogen-bond donors (Lipinski definition) is 0. The van der Waals surface area contributed by atoms with Gasteiger partial charge in [-0.05, 0) is 82.9 Å². The first kappa shape index (κ1) is 33.7. The first-order valence-corrected chi connectivity index (χ1v) is 20.5. The molecule has 276 valence electrons. The molecule has 0 radical (unpaired) electrons. The lowest BCUT2D eigenvalue weighted by atomic mass is 9.83. The molecule has 2 fully saturated rings. The Balaban J connectivity index is 0.835. The molecule has 0 spiro atoms. The predicted octanol–water partition coefficient (Wildman–Crippen LogP) is 12.6. The normalized spacial score (nSPS) is 27.0. The van der Waals surface area contributed by atoms with Gasteiger partial charge in [0.1, 0.15) is 0 Å². The molecule has 11 rings (SSSR count). The molecule has 0 saturated carbocycles. The van der Waals surface area contributed by atoms with Crippen LogP contribution in [0.2, 0.25) is 0 Å². The Labute approximate surface area is 336 Å². The Kier molecular flexibility index (Phi) is 8.39. The minimum Gasteiger partial charge on any atom is -0.357 e. The van der Waals surface area contributed by atoms with Gasteiger partial charge in [-0.1, -0.05) is 164 Å². The van der Waals surface area contributed by atoms with Gasteiger partial charge in [-0.2, -0.15) is 0 Å². The van der Waals surface area contributed by atoms with Crippen molar-refractivity contribution in [3.63, 3.8) is 0 Å². The lowest BCUT2D eigenvalue weighted by Crippen LogP contribution is -2.36. The number of para-hydroxylation sites is 1. The third-order valence-electron chi connectivity index (χ3n) is 13.0. The van der Waals surface area contributed by atoms with Gasteiger partial charge in [-0.15, -0.1) is 0 Å². The fraction of sp³-hybridized carbons (Fsp3) is 0.148. The number of anilines is 5. The van der Waals surface area contributed by atoms with Crippen molar-refractivity contribution in [1.82, 2.24) is 0 Å². The van der Waals surface area contributed by atoms with Crippen LogP contribution >= 0.6 is 0 Å². The molecule has 8 unspecified atom stereocenters. The summed E-state index contributed by atoms with van der Waals surface area (Å²) in [7, 11) is 0. The van der Waals surface area contributed by atoms with Crippen LogP contribution in [0.3, 0.4) is 0 Å². The maximum absolute atomic E-state index is 2.61. The van der Waals surface area contributed by atoms with E-state index in [0.29, 0.717) is 47.8 Å². The van der Waals surface area contributed by atoms with E-state index < -0.39 is 0 Å². The third-order valence-corrected chi connectivity index (χ3v) is 13.0. The van der Waals surface area contributed by atoms with Crippen LogP contribution in [0.25, 0.3) is 22.3 Å². The molecular weight excluding hydrogens is 691 g/mol. The van der Waals surface area contributed by atoms with Crippen LogP contribution < -0.4 is 14.7 Å². The van der Waals surface area contributed by atoms with Crippen molar-refractivity contribution >= 4 is 28.4 Å². The molecule has 2 saturated heterocycles. The van der Waals surface area contributed by atoms with E-state index in [-0.39, 0.29) is 0 Å². The second kappa shape index (κ2) is 14.2. The number of nitrogens with zero attached hydrogens (tertiary/aromatic N) is 3. The van der Waals surface area contributed by atoms with E-state index in [4.69, 9.17) is 0 Å². The molecular formula is C54H45N3. The lowest BCUT2D eigenvalue weighted by Gasteiger charge is -2.32. The van der Waals surface area contributed by atoms with Crippen molar-refractivity contribution in [3.05, 3.63) is 225 Å². The highest BCUT2D eigenvalue weighted by Gasteiger charge is 2.46. The van der Waals surface area contributed by atoms with Crippen molar-refractivity contribution in [2.45, 2.75) is 24.2 Å². The molecule has 3 heteroatoms. The van der Waals surface area contributed by atoms with E-state index in [2.05, 4.69) is 239 Å². The summed E-state index contributed by atoms with van der Waals surface area (Å²) in [6.45, 7) is 0. The fourth-order valence-electron chi connectivity index (χ4n) is 10.4. The zero-order valence-electron chi connectivity index (χ0n) is 31.8. The third kappa shape index (κ3) is 5.88. The molecule has 0 N–H and O–H groups in total. The summed E-state index contributed by atoms with van der Waals surface area (Å²) in [4.78, 5) is 7.56. The Hall–Kier alpha value is -6.58. The van der Waals surface area contributed by atoms with Gasteiger partial charge in [0.15, 0.2) is 0 Å². The topological polar surface area (TPSA) is 9.72 Å². The SMILES string of the molecule is C1=CC2C3C=CC=CC3N(c3ccc(-c4ccc(N(c5ccccc5)c5ccc(-c6ccc(N7C8C=CC=CC8C8C=CC=CC87)cc6)cc5)cc4)cc3)C2C=C1. The number of rotatable bonds is 7. The summed E-state index contributed by atoms with van der Waals surface area (Å²) in [5.74, 6) is 2.02. The van der Waals surface area contributed by atoms with Crippen molar-refractivity contribution in [3.8, 4) is 22.3 Å². The van der Waals surface area contributed by atoms with Crippen LogP contribution in [0.5, 0.6) is 0 Å². The molecule has 0 aromatic heterocycles. The van der Waals surface area contributed by atoms with Gasteiger partial charge in [-0.3, -0.25) is 0 Å². The van der Waals surface area contributed by atoms with Gasteiger partial charge in [0.2, 0.25) is 0 Å². The van der Waals surface area contributed by atoms with E-state index in [0.717, 1.165) is 17.1 Å². The summed E-state index contributed by atoms with van der Waals surface area (Å²) < 4.78 is 0. The number of benzene rings is 5. The smallest absolute Gasteiger partial charge is 0.0551 e. The molecule has 0 bridgehead atoms. The van der Waals surface area contributed by atoms with Crippen LogP contribution in [-0.2, 0) is 0 Å². The lowest BCUT2D eigenvalue weighted by molar-refractivity contribution is 0.527. The highest BCUT2D eigenvalue weighted by atomic mass is 15.2. The van der Waals surface area contributed by atoms with Crippen LogP contribution in [0, 0.1) is 23.7 Å². The van der Waals surface area contributed by atoms with Crippen molar-refractivity contribution in [2.24, 2.45) is 23.7 Å². The van der Waals surface area contributed by atoms with Crippen molar-refractivity contribution in [2.75, 3.05) is 14.7 Å². The van der Waals surface area contributed by atoms with E-state index in [1.807, 2.05) is 0 Å². The van der Waals surface area contributed by atoms with Gasteiger partial charge in [0.05, 0.1) is 24.2 Å². The predicted molar refractivity (Wildman–Crippen MR) is 239 cm³/mol. The number of fused-ring (bicyclic) bond motifs is 6. The molecule has 2 aliphatic heterocycles. The molecule has 5 aromatic carbocycles. The van der Waals surface area contributed by atoms with Crippen LogP contribution in [-0.4, -0.2) is 24.2 Å². The monoisotopic (exact) mass is 735 g/mol. The van der Waals surface area contributed by atoms with Crippen molar-refractivity contribution in [1.29, 1.82) is 0 Å². The number of allylic oxidation sites excluding steroid dienone is 8. The molecule has 4 aliphatic carbocycles. The Morgan fingerprint density at radius 3 is 0.895 bits per heavy atom. The summed E-state index contributed by atoms with van der Waals surface area (Å²) in [6, 6.07) is 48.6. The summed E-state index contributed by atoms with van der Waals surface area (Å²) >= 11 is 0. The highest BCUT2D eigenvalue weighted by Crippen LogP contribution is 2.46. The van der Waals surface area contributed by atoms with Crippen LogP contribution in [0.15, 0.2) is 225 Å². The molecule has 2 heterocycles. The Morgan fingerprint density at radius 1 is 0.281 bits per heavy atom. The quantitative estimate of drug-likeness (QED) is 0.165. The molecule has 57 heavy (non-hydrogen) atoms. The molecule has 3 nitrogen and oxygen atoms in total. The minimum atomic E-state index is 0.376. The van der Waals surface area contributed by atoms with Crippen LogP contribution in [0.1, 0.15) is 0 Å². The summed E-state index contributed by atoms with van der Waals surface area (Å²) in [5, 5.41) is 0. The van der Waals surface area contributed by atoms with Gasteiger partial charge in [-0.25, -0.2) is 0 Å². The standard InChI is InChI=1S/C54H45N3/c1-2-12-42(13-3-1)55(43-30-22-38(23-31-43)40-26-34-45(35-27-40)56-51-18-8-4-14-47(51)48-15-5-9-19-52(48)56)44-32-24-39(25-33-44)41-28-36-46(37-29-41)57-53-20-10-6-16-49(53)50-17-7-11-21-54(50)57/h1-37,47-54H. The minimum absolute atomic E-state index is 0.376. The number of hydrogen-bond acceptors (Lipinski definition) is 3. The van der Waals surface area contributed by atoms with Gasteiger partial charge in [0, 0.05) is 52.1 Å². The van der Waals surface area contributed by atoms with Gasteiger partial charge >= 0.3 is 0 Å². The highest BCUT2D eigenvalue weighted by molar-refractivity contribution is 5.80. The average molecular weight is 736 g/mol. The van der Waals surface area contributed by atoms with E-state index >= 15 is 0 Å². The summed E-state index contributed by atoms with van der Waals surface area (Å²) in [6.07, 6.45) is 36.7. The zero-order valence-corrected chi connectivity index (χ0v) is 31.8. The fourth-order valence-corrected chi connectivity index (χ4v) is 10.4. The van der Waals surface area contributed by atoms with E-state index in [1.54, 1.807) is 0 Å². The second-order valence-corrected chi connectivity index (χ2v) is 16.0. The maximum atomic E-state index is 2.61. The largest absolute Gasteiger partial charge is 0.357 e. The van der Waals surface area contributed by atoms with Gasteiger partial charge < -0.3 is 14.7 Å². The molecule has 8 atom stereocenters. The van der Waals surface area contributed by atoms with E-state index in [1.165, 1.54) is 33.6 Å². The molecule has 6 aliphatic rings. The molecule has 5 aromatic rings. The Morgan fingerprint density at radius 2 is 0.561 bits per heavy atom. The first-order valence-electron chi connectivity index (χ1n) is 20.5. The van der Waals surface area contributed by atoms with Crippen molar-refractivity contribution < 1.29 is 0 Å². The van der Waals surface area contributed by atoms with E-state index in [9.17, 15) is 0 Å². The van der Waals surface area contributed by atoms with Gasteiger partial charge in [0.25, 0.3) is 0 Å². The Bertz CT molecular complexity index is 2270. The maximum Gasteiger partial charge on any atom is 0.0551 e. The van der Waals surface area contributed by atoms with Crippen LogP contribution in [0.4, 0.5) is 28.4 Å². The summed E-state index contributed by atoms with van der Waals surface area (Å²) in [5.41, 5.74) is 10.8. The zero-order chi connectivity index (χ0) is 37.7.